The van der Waals surface area contributed by atoms with E-state index in [0.717, 1.165) is 43.1 Å². The highest BCUT2D eigenvalue weighted by molar-refractivity contribution is 6.01. The molecular weight excluding hydrogens is 392 g/mol. The van der Waals surface area contributed by atoms with Gasteiger partial charge in [-0.1, -0.05) is 12.1 Å². The fourth-order valence-electron chi connectivity index (χ4n) is 3.73. The van der Waals surface area contributed by atoms with Gasteiger partial charge in [-0.2, -0.15) is 0 Å². The Labute approximate surface area is 183 Å². The van der Waals surface area contributed by atoms with Crippen molar-refractivity contribution in [2.75, 3.05) is 36.0 Å². The number of anilines is 2. The number of amidine groups is 1. The maximum absolute atomic E-state index is 11.9. The summed E-state index contributed by atoms with van der Waals surface area (Å²) in [5.41, 5.74) is 8.95. The standard InChI is InChI=1S/C24H32N4O3/c1-24(2,3)31-22(30)11-6-17-4-7-18(8-5-17)27-12-14-28(15-13-27)21-10-9-19(29)16-20(21)23(25)26/h4-5,7-10,16,29H,6,11-15H2,1-3H3,(H3,25,26). The molecule has 7 nitrogen and oxygen atoms in total. The van der Waals surface area contributed by atoms with E-state index in [0.29, 0.717) is 18.4 Å². The Hall–Kier alpha value is -3.22. The molecule has 1 aliphatic heterocycles. The number of aromatic hydroxyl groups is 1. The van der Waals surface area contributed by atoms with E-state index < -0.39 is 5.60 Å². The number of aryl methyl sites for hydroxylation is 1. The van der Waals surface area contributed by atoms with E-state index in [1.165, 1.54) is 0 Å². The molecule has 1 saturated heterocycles. The number of hydrogen-bond acceptors (Lipinski definition) is 6. The van der Waals surface area contributed by atoms with Gasteiger partial charge in [0.05, 0.1) is 0 Å². The van der Waals surface area contributed by atoms with Crippen LogP contribution in [0.3, 0.4) is 0 Å². The van der Waals surface area contributed by atoms with Crippen LogP contribution in [0.5, 0.6) is 5.75 Å². The van der Waals surface area contributed by atoms with Gasteiger partial charge in [0.25, 0.3) is 0 Å². The summed E-state index contributed by atoms with van der Waals surface area (Å²) in [5.74, 6) is -0.110. The van der Waals surface area contributed by atoms with Crippen LogP contribution >= 0.6 is 0 Å². The summed E-state index contributed by atoms with van der Waals surface area (Å²) in [5, 5.41) is 17.5. The van der Waals surface area contributed by atoms with Crippen LogP contribution in [0.4, 0.5) is 11.4 Å². The number of ether oxygens (including phenoxy) is 1. The molecule has 0 spiro atoms. The topological polar surface area (TPSA) is 103 Å². The molecule has 1 aliphatic rings. The second-order valence-electron chi connectivity index (χ2n) is 8.84. The third-order valence-electron chi connectivity index (χ3n) is 5.23. The number of carbonyl (C=O) groups is 1. The maximum Gasteiger partial charge on any atom is 0.306 e. The summed E-state index contributed by atoms with van der Waals surface area (Å²) >= 11 is 0. The van der Waals surface area contributed by atoms with Gasteiger partial charge < -0.3 is 25.4 Å². The lowest BCUT2D eigenvalue weighted by atomic mass is 10.1. The first-order chi connectivity index (χ1) is 14.6. The van der Waals surface area contributed by atoms with Crippen molar-refractivity contribution < 1.29 is 14.6 Å². The van der Waals surface area contributed by atoms with E-state index in [1.807, 2.05) is 26.8 Å². The van der Waals surface area contributed by atoms with Crippen molar-refractivity contribution in [3.8, 4) is 5.75 Å². The second kappa shape index (κ2) is 9.29. The van der Waals surface area contributed by atoms with Crippen molar-refractivity contribution in [1.29, 1.82) is 5.41 Å². The van der Waals surface area contributed by atoms with Gasteiger partial charge in [-0.25, -0.2) is 0 Å². The number of benzene rings is 2. The van der Waals surface area contributed by atoms with Gasteiger partial charge in [0.2, 0.25) is 0 Å². The number of hydrogen-bond donors (Lipinski definition) is 3. The lowest BCUT2D eigenvalue weighted by Gasteiger charge is -2.38. The summed E-state index contributed by atoms with van der Waals surface area (Å²) in [4.78, 5) is 16.4. The Morgan fingerprint density at radius 3 is 2.26 bits per heavy atom. The number of nitrogen functional groups attached to an aromatic ring is 1. The number of phenolic OH excluding ortho intramolecular Hbond substituents is 1. The molecule has 2 aromatic carbocycles. The van der Waals surface area contributed by atoms with Crippen LogP contribution in [0, 0.1) is 5.41 Å². The summed E-state index contributed by atoms with van der Waals surface area (Å²) in [6.07, 6.45) is 1.04. The van der Waals surface area contributed by atoms with E-state index in [9.17, 15) is 9.90 Å². The van der Waals surface area contributed by atoms with Crippen LogP contribution in [0.1, 0.15) is 38.3 Å². The molecule has 4 N–H and O–H groups in total. The zero-order valence-corrected chi connectivity index (χ0v) is 18.5. The average Bonchev–Trinajstić information content (AvgIpc) is 2.71. The van der Waals surface area contributed by atoms with Crippen LogP contribution in [0.2, 0.25) is 0 Å². The summed E-state index contributed by atoms with van der Waals surface area (Å²) in [6, 6.07) is 13.3. The predicted molar refractivity (Wildman–Crippen MR) is 124 cm³/mol. The lowest BCUT2D eigenvalue weighted by molar-refractivity contribution is -0.154. The van der Waals surface area contributed by atoms with Gasteiger partial charge in [0, 0.05) is 49.5 Å². The zero-order valence-electron chi connectivity index (χ0n) is 18.5. The van der Waals surface area contributed by atoms with E-state index in [-0.39, 0.29) is 17.6 Å². The number of piperazine rings is 1. The Morgan fingerprint density at radius 2 is 1.68 bits per heavy atom. The molecule has 31 heavy (non-hydrogen) atoms. The van der Waals surface area contributed by atoms with Crippen molar-refractivity contribution in [2.45, 2.75) is 39.2 Å². The molecule has 0 amide bonds. The van der Waals surface area contributed by atoms with Crippen LogP contribution in [-0.2, 0) is 16.0 Å². The lowest BCUT2D eigenvalue weighted by Crippen LogP contribution is -2.47. The fraction of sp³-hybridized carbons (Fsp3) is 0.417. The molecule has 3 rings (SSSR count). The van der Waals surface area contributed by atoms with Gasteiger partial charge in [-0.05, 0) is 63.1 Å². The first-order valence-corrected chi connectivity index (χ1v) is 10.6. The third-order valence-corrected chi connectivity index (χ3v) is 5.23. The van der Waals surface area contributed by atoms with Crippen molar-refractivity contribution in [3.05, 3.63) is 53.6 Å². The smallest absolute Gasteiger partial charge is 0.306 e. The van der Waals surface area contributed by atoms with Crippen LogP contribution < -0.4 is 15.5 Å². The van der Waals surface area contributed by atoms with E-state index in [1.54, 1.807) is 12.1 Å². The molecule has 0 radical (unpaired) electrons. The third kappa shape index (κ3) is 6.13. The number of nitrogens with zero attached hydrogens (tertiary/aromatic N) is 2. The SMILES string of the molecule is CC(C)(C)OC(=O)CCc1ccc(N2CCN(c3ccc(O)cc3C(=N)N)CC2)cc1. The Morgan fingerprint density at radius 1 is 1.06 bits per heavy atom. The number of carbonyl (C=O) groups excluding carboxylic acids is 1. The molecule has 166 valence electrons. The van der Waals surface area contributed by atoms with Gasteiger partial charge >= 0.3 is 5.97 Å². The van der Waals surface area contributed by atoms with Crippen molar-refractivity contribution in [1.82, 2.24) is 0 Å². The number of rotatable bonds is 6. The highest BCUT2D eigenvalue weighted by atomic mass is 16.6. The largest absolute Gasteiger partial charge is 0.508 e. The Balaban J connectivity index is 1.56. The number of phenols is 1. The average molecular weight is 425 g/mol. The van der Waals surface area contributed by atoms with Gasteiger partial charge in [-0.15, -0.1) is 0 Å². The molecule has 0 unspecified atom stereocenters. The minimum absolute atomic E-state index is 0.0460. The Bertz CT molecular complexity index is 927. The second-order valence-corrected chi connectivity index (χ2v) is 8.84. The first-order valence-electron chi connectivity index (χ1n) is 10.6. The van der Waals surface area contributed by atoms with Gasteiger partial charge in [0.1, 0.15) is 17.2 Å². The molecule has 2 aromatic rings. The minimum atomic E-state index is -0.450. The number of nitrogens with two attached hydrogens (primary N) is 1. The van der Waals surface area contributed by atoms with Crippen LogP contribution in [0.15, 0.2) is 42.5 Å². The molecule has 0 aromatic heterocycles. The molecule has 1 heterocycles. The van der Waals surface area contributed by atoms with Gasteiger partial charge in [0.15, 0.2) is 0 Å². The molecule has 0 atom stereocenters. The molecule has 0 aliphatic carbocycles. The summed E-state index contributed by atoms with van der Waals surface area (Å²) < 4.78 is 5.37. The van der Waals surface area contributed by atoms with Crippen LogP contribution in [-0.4, -0.2) is 48.7 Å². The highest BCUT2D eigenvalue weighted by Crippen LogP contribution is 2.27. The monoisotopic (exact) mass is 424 g/mol. The normalized spacial score (nSPS) is 14.4. The predicted octanol–water partition coefficient (Wildman–Crippen LogP) is 3.28. The zero-order chi connectivity index (χ0) is 22.6. The highest BCUT2D eigenvalue weighted by Gasteiger charge is 2.21. The molecule has 0 saturated carbocycles. The maximum atomic E-state index is 11.9. The summed E-state index contributed by atoms with van der Waals surface area (Å²) in [7, 11) is 0. The first kappa shape index (κ1) is 22.5. The van der Waals surface area contributed by atoms with Crippen molar-refractivity contribution in [2.24, 2.45) is 5.73 Å². The van der Waals surface area contributed by atoms with Crippen molar-refractivity contribution >= 4 is 23.2 Å². The van der Waals surface area contributed by atoms with Crippen LogP contribution in [0.25, 0.3) is 0 Å². The summed E-state index contributed by atoms with van der Waals surface area (Å²) in [6.45, 7) is 8.91. The number of nitrogens with one attached hydrogen (secondary N) is 1. The Kier molecular flexibility index (Phi) is 6.73. The molecule has 1 fully saturated rings. The van der Waals surface area contributed by atoms with Gasteiger partial charge in [-0.3, -0.25) is 10.2 Å². The minimum Gasteiger partial charge on any atom is -0.508 e. The van der Waals surface area contributed by atoms with E-state index in [4.69, 9.17) is 15.9 Å². The molecular formula is C24H32N4O3. The fourth-order valence-corrected chi connectivity index (χ4v) is 3.73. The molecule has 7 heteroatoms. The van der Waals surface area contributed by atoms with Crippen molar-refractivity contribution in [3.63, 3.8) is 0 Å². The quantitative estimate of drug-likeness (QED) is 0.374. The van der Waals surface area contributed by atoms with E-state index in [2.05, 4.69) is 34.1 Å². The van der Waals surface area contributed by atoms with E-state index >= 15 is 0 Å². The molecule has 0 bridgehead atoms. The number of esters is 1.